The van der Waals surface area contributed by atoms with Gasteiger partial charge in [0.25, 0.3) is 0 Å². The Bertz CT molecular complexity index is 519. The summed E-state index contributed by atoms with van der Waals surface area (Å²) in [7, 11) is 3.32. The molecule has 1 aliphatic rings. The summed E-state index contributed by atoms with van der Waals surface area (Å²) >= 11 is 0. The van der Waals surface area contributed by atoms with E-state index in [9.17, 15) is 4.79 Å². The lowest BCUT2D eigenvalue weighted by Crippen LogP contribution is -2.44. The van der Waals surface area contributed by atoms with Gasteiger partial charge in [-0.1, -0.05) is 6.07 Å². The number of carbonyl (C=O) groups is 1. The van der Waals surface area contributed by atoms with Gasteiger partial charge >= 0.3 is 0 Å². The molecular formula is C17H26N2O3. The molecule has 1 aliphatic heterocycles. The number of ether oxygens (including phenoxy) is 2. The van der Waals surface area contributed by atoms with Crippen LogP contribution in [0.4, 0.5) is 0 Å². The van der Waals surface area contributed by atoms with Gasteiger partial charge < -0.3 is 14.8 Å². The number of carbonyl (C=O) groups excluding carboxylic acids is 1. The molecule has 1 saturated heterocycles. The fraction of sp³-hybridized carbons (Fsp3) is 0.588. The van der Waals surface area contributed by atoms with Crippen LogP contribution in [-0.2, 0) is 4.79 Å². The summed E-state index contributed by atoms with van der Waals surface area (Å²) < 4.78 is 10.8. The maximum absolute atomic E-state index is 12.2. The minimum atomic E-state index is -0.140. The van der Waals surface area contributed by atoms with Crippen molar-refractivity contribution < 1.29 is 14.3 Å². The van der Waals surface area contributed by atoms with Gasteiger partial charge in [0.05, 0.1) is 20.3 Å². The Morgan fingerprint density at radius 3 is 2.82 bits per heavy atom. The van der Waals surface area contributed by atoms with Gasteiger partial charge in [0.1, 0.15) is 11.5 Å². The maximum atomic E-state index is 12.2. The Kier molecular flexibility index (Phi) is 5.66. The van der Waals surface area contributed by atoms with Crippen molar-refractivity contribution in [2.75, 3.05) is 27.3 Å². The number of nitrogens with zero attached hydrogens (tertiary/aromatic N) is 1. The van der Waals surface area contributed by atoms with E-state index in [4.69, 9.17) is 9.47 Å². The van der Waals surface area contributed by atoms with Crippen LogP contribution in [0.5, 0.6) is 11.5 Å². The molecule has 0 unspecified atom stereocenters. The first-order valence-corrected chi connectivity index (χ1v) is 7.87. The van der Waals surface area contributed by atoms with Crippen molar-refractivity contribution in [3.05, 3.63) is 23.8 Å². The number of hydrogen-bond donors (Lipinski definition) is 1. The van der Waals surface area contributed by atoms with E-state index < -0.39 is 0 Å². The second-order valence-electron chi connectivity index (χ2n) is 5.57. The lowest BCUT2D eigenvalue weighted by Gasteiger charge is -2.30. The smallest absolute Gasteiger partial charge is 0.237 e. The summed E-state index contributed by atoms with van der Waals surface area (Å²) in [5, 5.41) is 2.91. The molecule has 1 fully saturated rings. The van der Waals surface area contributed by atoms with Gasteiger partial charge in [0.2, 0.25) is 5.91 Å². The molecule has 0 aromatic heterocycles. The Hall–Kier alpha value is -1.75. The van der Waals surface area contributed by atoms with Gasteiger partial charge in [0, 0.05) is 24.2 Å². The number of benzene rings is 1. The van der Waals surface area contributed by atoms with Crippen LogP contribution in [0.3, 0.4) is 0 Å². The van der Waals surface area contributed by atoms with Crippen molar-refractivity contribution in [3.63, 3.8) is 0 Å². The van der Waals surface area contributed by atoms with E-state index in [-0.39, 0.29) is 18.0 Å². The van der Waals surface area contributed by atoms with E-state index in [1.54, 1.807) is 14.2 Å². The standard InChI is InChI=1S/C17H26N2O3/c1-5-18-17(20)12(2)19-10-6-7-15(19)14-9-8-13(21-3)11-16(14)22-4/h8-9,11-12,15H,5-7,10H2,1-4H3,(H,18,20)/t12-,15+/m0/s1. The molecule has 0 saturated carbocycles. The summed E-state index contributed by atoms with van der Waals surface area (Å²) in [6, 6.07) is 5.97. The van der Waals surface area contributed by atoms with Gasteiger partial charge in [-0.3, -0.25) is 9.69 Å². The monoisotopic (exact) mass is 306 g/mol. The number of rotatable bonds is 6. The van der Waals surface area contributed by atoms with E-state index >= 15 is 0 Å². The number of nitrogens with one attached hydrogen (secondary N) is 1. The van der Waals surface area contributed by atoms with E-state index in [0.717, 1.165) is 36.4 Å². The molecular weight excluding hydrogens is 280 g/mol. The highest BCUT2D eigenvalue weighted by Gasteiger charge is 2.34. The third-order valence-corrected chi connectivity index (χ3v) is 4.32. The minimum absolute atomic E-state index is 0.0851. The van der Waals surface area contributed by atoms with Crippen LogP contribution in [0.25, 0.3) is 0 Å². The molecule has 1 N–H and O–H groups in total. The highest BCUT2D eigenvalue weighted by molar-refractivity contribution is 5.81. The third-order valence-electron chi connectivity index (χ3n) is 4.32. The van der Waals surface area contributed by atoms with Gasteiger partial charge in [-0.25, -0.2) is 0 Å². The van der Waals surface area contributed by atoms with Crippen molar-refractivity contribution in [2.45, 2.75) is 38.8 Å². The molecule has 1 heterocycles. The van der Waals surface area contributed by atoms with Crippen molar-refractivity contribution in [1.29, 1.82) is 0 Å². The van der Waals surface area contributed by atoms with Crippen LogP contribution < -0.4 is 14.8 Å². The molecule has 0 radical (unpaired) electrons. The van der Waals surface area contributed by atoms with Crippen molar-refractivity contribution in [1.82, 2.24) is 10.2 Å². The third kappa shape index (κ3) is 3.35. The number of likely N-dealkylation sites (tertiary alicyclic amines) is 1. The first-order valence-electron chi connectivity index (χ1n) is 7.87. The lowest BCUT2D eigenvalue weighted by atomic mass is 10.0. The van der Waals surface area contributed by atoms with Gasteiger partial charge in [-0.2, -0.15) is 0 Å². The van der Waals surface area contributed by atoms with Gasteiger partial charge in [0.15, 0.2) is 0 Å². The summed E-state index contributed by atoms with van der Waals surface area (Å²) in [5.41, 5.74) is 1.12. The topological polar surface area (TPSA) is 50.8 Å². The zero-order chi connectivity index (χ0) is 16.1. The molecule has 122 valence electrons. The van der Waals surface area contributed by atoms with Crippen molar-refractivity contribution in [3.8, 4) is 11.5 Å². The zero-order valence-electron chi connectivity index (χ0n) is 13.9. The maximum Gasteiger partial charge on any atom is 0.237 e. The average Bonchev–Trinajstić information content (AvgIpc) is 3.02. The molecule has 2 atom stereocenters. The summed E-state index contributed by atoms with van der Waals surface area (Å²) in [4.78, 5) is 14.4. The second kappa shape index (κ2) is 7.49. The number of amides is 1. The Morgan fingerprint density at radius 1 is 1.41 bits per heavy atom. The van der Waals surface area contributed by atoms with Crippen molar-refractivity contribution in [2.24, 2.45) is 0 Å². The quantitative estimate of drug-likeness (QED) is 0.876. The first-order chi connectivity index (χ1) is 10.6. The fourth-order valence-corrected chi connectivity index (χ4v) is 3.15. The molecule has 1 amide bonds. The summed E-state index contributed by atoms with van der Waals surface area (Å²) in [6.07, 6.45) is 2.12. The second-order valence-corrected chi connectivity index (χ2v) is 5.57. The first kappa shape index (κ1) is 16.6. The summed E-state index contributed by atoms with van der Waals surface area (Å²) in [5.74, 6) is 1.68. The predicted molar refractivity (Wildman–Crippen MR) is 86.4 cm³/mol. The molecule has 1 aromatic rings. The highest BCUT2D eigenvalue weighted by atomic mass is 16.5. The van der Waals surface area contributed by atoms with E-state index in [0.29, 0.717) is 6.54 Å². The molecule has 5 heteroatoms. The molecule has 0 bridgehead atoms. The van der Waals surface area contributed by atoms with Gasteiger partial charge in [-0.15, -0.1) is 0 Å². The SMILES string of the molecule is CCNC(=O)[C@H](C)N1CCC[C@@H]1c1ccc(OC)cc1OC. The summed E-state index contributed by atoms with van der Waals surface area (Å²) in [6.45, 7) is 5.50. The van der Waals surface area contributed by atoms with Crippen LogP contribution >= 0.6 is 0 Å². The Labute approximate surface area is 132 Å². The minimum Gasteiger partial charge on any atom is -0.497 e. The number of likely N-dealkylation sites (N-methyl/N-ethyl adjacent to an activating group) is 1. The zero-order valence-corrected chi connectivity index (χ0v) is 13.9. The Morgan fingerprint density at radius 2 is 2.18 bits per heavy atom. The van der Waals surface area contributed by atoms with Crippen LogP contribution in [-0.4, -0.2) is 44.2 Å². The van der Waals surface area contributed by atoms with Crippen LogP contribution in [0, 0.1) is 0 Å². The Balaban J connectivity index is 2.25. The van der Waals surface area contributed by atoms with Crippen LogP contribution in [0.1, 0.15) is 38.3 Å². The van der Waals surface area contributed by atoms with Gasteiger partial charge in [-0.05, 0) is 39.3 Å². The number of hydrogen-bond acceptors (Lipinski definition) is 4. The molecule has 1 aromatic carbocycles. The molecule has 0 spiro atoms. The largest absolute Gasteiger partial charge is 0.497 e. The van der Waals surface area contributed by atoms with E-state index in [2.05, 4.69) is 10.2 Å². The molecule has 0 aliphatic carbocycles. The normalized spacial score (nSPS) is 19.7. The van der Waals surface area contributed by atoms with Crippen LogP contribution in [0.15, 0.2) is 18.2 Å². The number of methoxy groups -OCH3 is 2. The highest BCUT2D eigenvalue weighted by Crippen LogP contribution is 2.39. The molecule has 22 heavy (non-hydrogen) atoms. The molecule has 2 rings (SSSR count). The predicted octanol–water partition coefficient (Wildman–Crippen LogP) is 2.37. The van der Waals surface area contributed by atoms with E-state index in [1.807, 2.05) is 32.0 Å². The van der Waals surface area contributed by atoms with E-state index in [1.165, 1.54) is 0 Å². The van der Waals surface area contributed by atoms with Crippen molar-refractivity contribution >= 4 is 5.91 Å². The molecule has 5 nitrogen and oxygen atoms in total. The van der Waals surface area contributed by atoms with Crippen LogP contribution in [0.2, 0.25) is 0 Å². The lowest BCUT2D eigenvalue weighted by molar-refractivity contribution is -0.126. The fourth-order valence-electron chi connectivity index (χ4n) is 3.15. The average molecular weight is 306 g/mol.